The summed E-state index contributed by atoms with van der Waals surface area (Å²) in [5, 5.41) is 8.51. The van der Waals surface area contributed by atoms with Crippen molar-refractivity contribution in [2.75, 3.05) is 0 Å². The molecule has 0 aliphatic carbocycles. The van der Waals surface area contributed by atoms with Crippen molar-refractivity contribution >= 4 is 32.2 Å². The zero-order chi connectivity index (χ0) is 9.84. The fraction of sp³-hybridized carbons (Fsp3) is 0.143. The predicted molar refractivity (Wildman–Crippen MR) is 45.2 cm³/mol. The number of alkyl halides is 2. The molecular formula is C7H3ClF2MgN2. The van der Waals surface area contributed by atoms with Gasteiger partial charge in [0.2, 0.25) is 0 Å². The Kier molecular flexibility index (Phi) is 3.84. The number of halogens is 3. The van der Waals surface area contributed by atoms with Crippen molar-refractivity contribution in [2.24, 2.45) is 0 Å². The monoisotopic (exact) mass is 212 g/mol. The SMILES string of the molecule is N#Cc1n[c]([Mg][Cl])ccc1C(F)F. The van der Waals surface area contributed by atoms with Crippen LogP contribution >= 0.6 is 9.07 Å². The van der Waals surface area contributed by atoms with E-state index in [-0.39, 0.29) is 11.3 Å². The van der Waals surface area contributed by atoms with Gasteiger partial charge in [-0.1, -0.05) is 16.0 Å². The second-order valence-electron chi connectivity index (χ2n) is 2.29. The molecular weight excluding hydrogens is 210 g/mol. The first-order valence-electron chi connectivity index (χ1n) is 3.43. The third-order valence-electron chi connectivity index (χ3n) is 1.46. The average Bonchev–Trinajstić information content (AvgIpc) is 2.16. The van der Waals surface area contributed by atoms with Gasteiger partial charge in [0.15, 0.2) is 0 Å². The molecule has 0 N–H and O–H groups in total. The molecule has 6 heteroatoms. The standard InChI is InChI=1S/C7H3F2N2.ClH.Mg/c8-7(9)5-2-1-3-11-6(5)4-10;;/h1-2,7H;1H;/q;;+1/p-1. The molecule has 1 rings (SSSR count). The van der Waals surface area contributed by atoms with E-state index in [1.54, 1.807) is 6.07 Å². The van der Waals surface area contributed by atoms with Crippen LogP contribution in [0.3, 0.4) is 0 Å². The summed E-state index contributed by atoms with van der Waals surface area (Å²) in [7, 11) is 5.57. The van der Waals surface area contributed by atoms with E-state index in [4.69, 9.17) is 14.3 Å². The number of nitriles is 1. The largest absolute Gasteiger partial charge is 0.564 e. The molecule has 13 heavy (non-hydrogen) atoms. The first-order valence-corrected chi connectivity index (χ1v) is 6.27. The van der Waals surface area contributed by atoms with Crippen molar-refractivity contribution in [3.63, 3.8) is 0 Å². The molecule has 64 valence electrons. The first kappa shape index (κ1) is 10.6. The number of nitrogens with zero attached hydrogens (tertiary/aromatic N) is 2. The van der Waals surface area contributed by atoms with Gasteiger partial charge in [0.1, 0.15) is 11.8 Å². The Morgan fingerprint density at radius 1 is 1.54 bits per heavy atom. The van der Waals surface area contributed by atoms with Gasteiger partial charge in [-0.3, -0.25) is 4.98 Å². The van der Waals surface area contributed by atoms with Gasteiger partial charge in [0, 0.05) is 0 Å². The maximum atomic E-state index is 12.2. The third kappa shape index (κ3) is 2.50. The molecule has 0 aliphatic heterocycles. The summed E-state index contributed by atoms with van der Waals surface area (Å²) in [6.45, 7) is 0. The van der Waals surface area contributed by atoms with E-state index in [1.807, 2.05) is 0 Å². The smallest absolute Gasteiger partial charge is 0.333 e. The highest BCUT2D eigenvalue weighted by Gasteiger charge is 2.14. The lowest BCUT2D eigenvalue weighted by molar-refractivity contribution is 0.150. The molecule has 0 spiro atoms. The van der Waals surface area contributed by atoms with Gasteiger partial charge in [-0.15, -0.1) is 0 Å². The maximum Gasteiger partial charge on any atom is 0.564 e. The Hall–Kier alpha value is -0.444. The normalized spacial score (nSPS) is 9.46. The van der Waals surface area contributed by atoms with Crippen LogP contribution in [-0.2, 0) is 0 Å². The van der Waals surface area contributed by atoms with Gasteiger partial charge in [-0.05, 0) is 0 Å². The molecule has 0 aliphatic rings. The lowest BCUT2D eigenvalue weighted by atomic mass is 10.2. The Morgan fingerprint density at radius 3 is 2.69 bits per heavy atom. The van der Waals surface area contributed by atoms with E-state index in [9.17, 15) is 8.78 Å². The summed E-state index contributed by atoms with van der Waals surface area (Å²) in [5.74, 6) is 0. The lowest BCUT2D eigenvalue weighted by Gasteiger charge is -2.02. The minimum absolute atomic E-state index is 0.222. The topological polar surface area (TPSA) is 36.7 Å². The van der Waals surface area contributed by atoms with E-state index >= 15 is 0 Å². The summed E-state index contributed by atoms with van der Waals surface area (Å²) in [5.41, 5.74) is -0.550. The highest BCUT2D eigenvalue weighted by molar-refractivity contribution is 7.00. The average molecular weight is 213 g/mol. The minimum Gasteiger partial charge on any atom is -0.333 e. The van der Waals surface area contributed by atoms with Crippen LogP contribution in [0.15, 0.2) is 12.1 Å². The van der Waals surface area contributed by atoms with Crippen LogP contribution in [-0.4, -0.2) is 24.2 Å². The maximum absolute atomic E-state index is 12.2. The Bertz CT molecular complexity index is 351. The van der Waals surface area contributed by atoms with Crippen LogP contribution in [0.5, 0.6) is 0 Å². The summed E-state index contributed by atoms with van der Waals surface area (Å²) >= 11 is -1.01. The number of hydrogen-bond acceptors (Lipinski definition) is 2. The van der Waals surface area contributed by atoms with Crippen molar-refractivity contribution in [1.29, 1.82) is 5.26 Å². The van der Waals surface area contributed by atoms with Crippen molar-refractivity contribution in [1.82, 2.24) is 4.98 Å². The molecule has 0 radical (unpaired) electrons. The quantitative estimate of drug-likeness (QED) is 0.695. The molecule has 0 saturated heterocycles. The van der Waals surface area contributed by atoms with E-state index in [2.05, 4.69) is 4.98 Å². The molecule has 1 heterocycles. The zero-order valence-corrected chi connectivity index (χ0v) is 8.64. The summed E-state index contributed by atoms with van der Waals surface area (Å²) in [6.07, 6.45) is -2.66. The highest BCUT2D eigenvalue weighted by Crippen LogP contribution is 2.19. The number of aromatic nitrogens is 1. The van der Waals surface area contributed by atoms with Crippen LogP contribution in [0.1, 0.15) is 17.7 Å². The Morgan fingerprint density at radius 2 is 2.23 bits per heavy atom. The lowest BCUT2D eigenvalue weighted by Crippen LogP contribution is -2.16. The summed E-state index contributed by atoms with van der Waals surface area (Å²) in [4.78, 5) is 3.72. The van der Waals surface area contributed by atoms with Crippen molar-refractivity contribution in [3.8, 4) is 6.07 Å². The van der Waals surface area contributed by atoms with Crippen LogP contribution in [0.2, 0.25) is 0 Å². The molecule has 1 aromatic rings. The first-order chi connectivity index (χ1) is 6.19. The molecule has 0 bridgehead atoms. The van der Waals surface area contributed by atoms with Crippen LogP contribution in [0.25, 0.3) is 0 Å². The van der Waals surface area contributed by atoms with Crippen LogP contribution in [0.4, 0.5) is 8.78 Å². The molecule has 0 amide bonds. The van der Waals surface area contributed by atoms with E-state index in [0.29, 0.717) is 3.82 Å². The van der Waals surface area contributed by atoms with Gasteiger partial charge in [0.05, 0.1) is 5.56 Å². The second kappa shape index (κ2) is 4.70. The van der Waals surface area contributed by atoms with Crippen molar-refractivity contribution in [2.45, 2.75) is 6.43 Å². The molecule has 0 fully saturated rings. The van der Waals surface area contributed by atoms with E-state index < -0.39 is 25.7 Å². The molecule has 0 saturated carbocycles. The third-order valence-corrected chi connectivity index (χ3v) is 2.95. The number of rotatable bonds is 2. The Labute approximate surface area is 87.0 Å². The van der Waals surface area contributed by atoms with E-state index in [0.717, 1.165) is 0 Å². The van der Waals surface area contributed by atoms with Crippen molar-refractivity contribution in [3.05, 3.63) is 23.4 Å². The number of hydrogen-bond donors (Lipinski definition) is 0. The fourth-order valence-electron chi connectivity index (χ4n) is 0.850. The van der Waals surface area contributed by atoms with Gasteiger partial charge in [-0.25, -0.2) is 8.78 Å². The van der Waals surface area contributed by atoms with Gasteiger partial charge in [0.25, 0.3) is 6.43 Å². The van der Waals surface area contributed by atoms with E-state index in [1.165, 1.54) is 12.1 Å². The molecule has 0 aromatic carbocycles. The Balaban J connectivity index is 3.18. The van der Waals surface area contributed by atoms with Crippen molar-refractivity contribution < 1.29 is 8.78 Å². The van der Waals surface area contributed by atoms with Gasteiger partial charge in [-0.2, -0.15) is 5.26 Å². The minimum atomic E-state index is -2.66. The zero-order valence-electron chi connectivity index (χ0n) is 6.47. The fourth-order valence-corrected chi connectivity index (χ4v) is 1.72. The molecule has 0 unspecified atom stereocenters. The van der Waals surface area contributed by atoms with Crippen LogP contribution in [0, 0.1) is 11.3 Å². The van der Waals surface area contributed by atoms with Gasteiger partial charge >= 0.3 is 19.3 Å². The molecule has 1 aromatic heterocycles. The van der Waals surface area contributed by atoms with Gasteiger partial charge < -0.3 is 9.07 Å². The predicted octanol–water partition coefficient (Wildman–Crippen LogP) is 1.37. The summed E-state index contributed by atoms with van der Waals surface area (Å²) < 4.78 is 25.0. The highest BCUT2D eigenvalue weighted by atomic mass is 35.5. The molecule has 0 atom stereocenters. The molecule has 2 nitrogen and oxygen atoms in total. The number of pyridine rings is 1. The van der Waals surface area contributed by atoms with Crippen LogP contribution < -0.4 is 3.82 Å². The summed E-state index contributed by atoms with van der Waals surface area (Å²) in [6, 6.07) is 4.28. The second-order valence-corrected chi connectivity index (χ2v) is 4.08.